The van der Waals surface area contributed by atoms with Crippen molar-refractivity contribution in [2.75, 3.05) is 14.7 Å². The van der Waals surface area contributed by atoms with Gasteiger partial charge in [0, 0.05) is 71.0 Å². The molecule has 0 radical (unpaired) electrons. The highest BCUT2D eigenvalue weighted by Gasteiger charge is 2.58. The third-order valence-corrected chi connectivity index (χ3v) is 18.3. The Morgan fingerprint density at radius 2 is 1.16 bits per heavy atom. The third kappa shape index (κ3) is 6.26. The van der Waals surface area contributed by atoms with Crippen molar-refractivity contribution in [3.63, 3.8) is 0 Å². The van der Waals surface area contributed by atoms with Crippen LogP contribution in [0.2, 0.25) is 0 Å². The van der Waals surface area contributed by atoms with Gasteiger partial charge in [0.1, 0.15) is 0 Å². The van der Waals surface area contributed by atoms with Gasteiger partial charge in [0.05, 0.1) is 11.2 Å². The third-order valence-electron chi connectivity index (χ3n) is 17.1. The molecule has 9 aromatic rings. The van der Waals surface area contributed by atoms with Gasteiger partial charge in [-0.3, -0.25) is 0 Å². The van der Waals surface area contributed by atoms with Gasteiger partial charge in [0.25, 0.3) is 6.71 Å². The van der Waals surface area contributed by atoms with Crippen LogP contribution in [-0.2, 0) is 16.2 Å². The second-order valence-corrected chi connectivity index (χ2v) is 24.5. The van der Waals surface area contributed by atoms with Crippen LogP contribution in [-0.4, -0.2) is 12.3 Å². The Labute approximate surface area is 419 Å². The average molecular weight is 928 g/mol. The van der Waals surface area contributed by atoms with Gasteiger partial charge >= 0.3 is 0 Å². The Hall–Kier alpha value is -6.56. The summed E-state index contributed by atoms with van der Waals surface area (Å²) in [4.78, 5) is 8.03. The topological polar surface area (TPSA) is 9.72 Å². The van der Waals surface area contributed by atoms with E-state index in [0.717, 1.165) is 6.42 Å². The van der Waals surface area contributed by atoms with Crippen LogP contribution in [0.3, 0.4) is 0 Å². The molecule has 3 aliphatic heterocycles. The standard InChI is InChI=1S/C65H62BN3S/c1-41-35-57-61-58(36-41)68(53-30-25-43(62(2,3)4)37-48(53)42-19-11-10-12-20-42)55-31-26-44(63(5,6)7)38-52(55)66(61)51-29-27-46(69-54-23-15-14-22-50(54)64(8)33-17-18-34-65(64,69)9)40-56(51)67(57)45-28-32-60-49(39-45)47-21-13-16-24-59(47)70-60/h10-16,19-32,35-40H,17-18,33-34H2,1-9H3. The molecule has 0 saturated heterocycles. The van der Waals surface area contributed by atoms with Crippen molar-refractivity contribution in [3.8, 4) is 11.1 Å². The molecular weight excluding hydrogens is 866 g/mol. The van der Waals surface area contributed by atoms with Gasteiger partial charge in [0.2, 0.25) is 0 Å². The number of para-hydroxylation sites is 1. The second-order valence-electron chi connectivity index (χ2n) is 23.4. The number of thiophene rings is 1. The molecule has 1 saturated carbocycles. The van der Waals surface area contributed by atoms with Crippen LogP contribution in [0, 0.1) is 6.92 Å². The first kappa shape index (κ1) is 43.5. The van der Waals surface area contributed by atoms with E-state index in [9.17, 15) is 0 Å². The molecule has 0 spiro atoms. The predicted molar refractivity (Wildman–Crippen MR) is 304 cm³/mol. The monoisotopic (exact) mass is 927 g/mol. The lowest BCUT2D eigenvalue weighted by Crippen LogP contribution is -2.61. The van der Waals surface area contributed by atoms with E-state index in [0.29, 0.717) is 0 Å². The van der Waals surface area contributed by atoms with Gasteiger partial charge in [-0.2, -0.15) is 0 Å². The van der Waals surface area contributed by atoms with E-state index < -0.39 is 0 Å². The molecule has 1 aromatic heterocycles. The van der Waals surface area contributed by atoms with Crippen molar-refractivity contribution >= 4 is 100 Å². The maximum Gasteiger partial charge on any atom is 0.252 e. The summed E-state index contributed by atoms with van der Waals surface area (Å²) in [5.74, 6) is 0. The number of aryl methyl sites for hydroxylation is 1. The minimum atomic E-state index is -0.0581. The molecule has 70 heavy (non-hydrogen) atoms. The molecule has 1 aliphatic carbocycles. The van der Waals surface area contributed by atoms with Crippen LogP contribution in [0.1, 0.15) is 103 Å². The van der Waals surface area contributed by atoms with Crippen molar-refractivity contribution < 1.29 is 0 Å². The Morgan fingerprint density at radius 1 is 0.500 bits per heavy atom. The fourth-order valence-electron chi connectivity index (χ4n) is 13.3. The van der Waals surface area contributed by atoms with Crippen LogP contribution >= 0.6 is 11.3 Å². The number of anilines is 8. The molecule has 0 N–H and O–H groups in total. The summed E-state index contributed by atoms with van der Waals surface area (Å²) in [6.45, 7) is 21.5. The highest BCUT2D eigenvalue weighted by Crippen LogP contribution is 2.61. The summed E-state index contributed by atoms with van der Waals surface area (Å²) in [5, 5.41) is 2.63. The molecule has 2 unspecified atom stereocenters. The number of fused-ring (bicyclic) bond motifs is 10. The van der Waals surface area contributed by atoms with Crippen molar-refractivity contribution in [1.82, 2.24) is 0 Å². The summed E-state index contributed by atoms with van der Waals surface area (Å²) in [6.07, 6.45) is 4.88. The fraction of sp³-hybridized carbons (Fsp3) is 0.262. The molecule has 1 fully saturated rings. The molecule has 4 heterocycles. The first-order valence-corrected chi connectivity index (χ1v) is 26.5. The van der Waals surface area contributed by atoms with Crippen LogP contribution in [0.15, 0.2) is 164 Å². The van der Waals surface area contributed by atoms with E-state index in [4.69, 9.17) is 0 Å². The summed E-state index contributed by atoms with van der Waals surface area (Å²) < 4.78 is 2.65. The number of benzene rings is 8. The molecule has 4 aliphatic rings. The zero-order valence-electron chi connectivity index (χ0n) is 42.2. The first-order chi connectivity index (χ1) is 33.6. The first-order valence-electron chi connectivity index (χ1n) is 25.7. The molecule has 3 nitrogen and oxygen atoms in total. The maximum atomic E-state index is 2.76. The quantitative estimate of drug-likeness (QED) is 0.163. The van der Waals surface area contributed by atoms with E-state index in [1.54, 1.807) is 0 Å². The van der Waals surface area contributed by atoms with Crippen LogP contribution in [0.4, 0.5) is 45.5 Å². The normalized spacial score (nSPS) is 19.3. The Kier molecular flexibility index (Phi) is 9.45. The molecule has 8 aromatic carbocycles. The number of hydrogen-bond acceptors (Lipinski definition) is 4. The molecular formula is C65H62BN3S. The van der Waals surface area contributed by atoms with E-state index in [-0.39, 0.29) is 28.5 Å². The summed E-state index contributed by atoms with van der Waals surface area (Å²) in [5.41, 5.74) is 21.9. The van der Waals surface area contributed by atoms with Crippen LogP contribution in [0.5, 0.6) is 0 Å². The molecule has 0 bridgehead atoms. The van der Waals surface area contributed by atoms with Crippen molar-refractivity contribution in [1.29, 1.82) is 0 Å². The van der Waals surface area contributed by atoms with E-state index >= 15 is 0 Å². The molecule has 13 rings (SSSR count). The number of nitrogens with zero attached hydrogens (tertiary/aromatic N) is 3. The lowest BCUT2D eigenvalue weighted by Gasteiger charge is -2.50. The zero-order chi connectivity index (χ0) is 48.1. The van der Waals surface area contributed by atoms with Gasteiger partial charge in [-0.25, -0.2) is 0 Å². The summed E-state index contributed by atoms with van der Waals surface area (Å²) >= 11 is 1.89. The fourth-order valence-corrected chi connectivity index (χ4v) is 14.4. The molecule has 0 amide bonds. The highest BCUT2D eigenvalue weighted by molar-refractivity contribution is 7.25. The molecule has 5 heteroatoms. The van der Waals surface area contributed by atoms with Gasteiger partial charge in [-0.15, -0.1) is 11.3 Å². The maximum absolute atomic E-state index is 2.76. The largest absolute Gasteiger partial charge is 0.334 e. The van der Waals surface area contributed by atoms with E-state index in [2.05, 4.69) is 241 Å². The minimum Gasteiger partial charge on any atom is -0.334 e. The lowest BCUT2D eigenvalue weighted by molar-refractivity contribution is 0.195. The Balaban J connectivity index is 1.12. The van der Waals surface area contributed by atoms with Gasteiger partial charge in [-0.1, -0.05) is 152 Å². The van der Waals surface area contributed by atoms with E-state index in [1.807, 2.05) is 11.3 Å². The lowest BCUT2D eigenvalue weighted by atomic mass is 9.33. The van der Waals surface area contributed by atoms with Crippen molar-refractivity contribution in [2.45, 2.75) is 110 Å². The van der Waals surface area contributed by atoms with E-state index in [1.165, 1.54) is 135 Å². The Bertz CT molecular complexity index is 3610. The summed E-state index contributed by atoms with van der Waals surface area (Å²) in [7, 11) is 0. The zero-order valence-corrected chi connectivity index (χ0v) is 43.1. The van der Waals surface area contributed by atoms with Crippen molar-refractivity contribution in [2.24, 2.45) is 0 Å². The number of hydrogen-bond donors (Lipinski definition) is 0. The number of rotatable bonds is 4. The van der Waals surface area contributed by atoms with Gasteiger partial charge < -0.3 is 14.7 Å². The van der Waals surface area contributed by atoms with Crippen molar-refractivity contribution in [3.05, 3.63) is 186 Å². The highest BCUT2D eigenvalue weighted by atomic mass is 32.1. The Morgan fingerprint density at radius 3 is 1.94 bits per heavy atom. The second kappa shape index (κ2) is 15.2. The van der Waals surface area contributed by atoms with Gasteiger partial charge in [0.15, 0.2) is 0 Å². The minimum absolute atomic E-state index is 0.000537. The average Bonchev–Trinajstić information content (AvgIpc) is 3.82. The summed E-state index contributed by atoms with van der Waals surface area (Å²) in [6, 6.07) is 63.7. The molecule has 346 valence electrons. The van der Waals surface area contributed by atoms with Crippen LogP contribution in [0.25, 0.3) is 31.3 Å². The molecule has 2 atom stereocenters. The predicted octanol–water partition coefficient (Wildman–Crippen LogP) is 16.4. The van der Waals surface area contributed by atoms with Gasteiger partial charge in [-0.05, 0) is 155 Å². The SMILES string of the molecule is Cc1cc2c3c(c1)N(c1ccc(C(C)(C)C)cc1-c1ccccc1)c1ccc(C(C)(C)C)cc1B3c1ccc(N3c4ccccc4C4(C)CCCCC34C)cc1N2c1ccc2sc3ccccc3c2c1. The van der Waals surface area contributed by atoms with Crippen LogP contribution < -0.4 is 31.1 Å². The smallest absolute Gasteiger partial charge is 0.252 e.